The van der Waals surface area contributed by atoms with Crippen LogP contribution in [0.25, 0.3) is 0 Å². The summed E-state index contributed by atoms with van der Waals surface area (Å²) in [5, 5.41) is 3.81. The van der Waals surface area contributed by atoms with Gasteiger partial charge in [-0.3, -0.25) is 9.80 Å². The van der Waals surface area contributed by atoms with Gasteiger partial charge in [0, 0.05) is 85.6 Å². The van der Waals surface area contributed by atoms with Crippen LogP contribution in [0.2, 0.25) is 0 Å². The average Bonchev–Trinajstić information content (AvgIpc) is 2.83. The van der Waals surface area contributed by atoms with Crippen molar-refractivity contribution in [1.29, 1.82) is 0 Å². The highest BCUT2D eigenvalue weighted by atomic mass is 32.2. The van der Waals surface area contributed by atoms with Gasteiger partial charge in [-0.1, -0.05) is 11.8 Å². The zero-order valence-electron chi connectivity index (χ0n) is 21.8. The Morgan fingerprint density at radius 3 is 1.35 bits per heavy atom. The number of nitrogens with one attached hydrogen (secondary N) is 1. The normalized spacial score (nSPS) is 19.4. The quantitative estimate of drug-likeness (QED) is 0.525. The number of benzene rings is 2. The fourth-order valence-corrected chi connectivity index (χ4v) is 6.78. The summed E-state index contributed by atoms with van der Waals surface area (Å²) in [4.78, 5) is 13.0. The van der Waals surface area contributed by atoms with Crippen molar-refractivity contribution >= 4 is 34.5 Å². The highest BCUT2D eigenvalue weighted by Gasteiger charge is 2.26. The lowest BCUT2D eigenvalue weighted by Crippen LogP contribution is -2.49. The maximum absolute atomic E-state index is 3.81. The molecule has 3 aliphatic heterocycles. The summed E-state index contributed by atoms with van der Waals surface area (Å²) in [6.07, 6.45) is 0. The number of rotatable bonds is 4. The number of aryl methyl sites for hydroxylation is 2. The number of nitrogens with zero attached hydrogens (tertiary/aromatic N) is 4. The van der Waals surface area contributed by atoms with Crippen LogP contribution in [0.4, 0.5) is 22.7 Å². The molecule has 1 N–H and O–H groups in total. The number of hydrogen-bond acceptors (Lipinski definition) is 6. The van der Waals surface area contributed by atoms with E-state index in [2.05, 4.69) is 90.7 Å². The monoisotopic (exact) mass is 479 g/mol. The molecule has 3 heterocycles. The van der Waals surface area contributed by atoms with Crippen LogP contribution < -0.4 is 15.1 Å². The minimum atomic E-state index is 0.634. The SMILES string of the molecule is Cc1cc(N2CCN(C(C)C)CC2)cc2c1Nc1c(C)cc(N3CCN(C(C)C)CC3)cc1S2. The van der Waals surface area contributed by atoms with Crippen LogP contribution in [0.5, 0.6) is 0 Å². The first-order chi connectivity index (χ1) is 16.3. The third kappa shape index (κ3) is 4.65. The molecule has 0 radical (unpaired) electrons. The van der Waals surface area contributed by atoms with Crippen molar-refractivity contribution in [3.05, 3.63) is 35.4 Å². The Labute approximate surface area is 210 Å². The number of hydrogen-bond donors (Lipinski definition) is 1. The molecule has 2 fully saturated rings. The average molecular weight is 480 g/mol. The van der Waals surface area contributed by atoms with Crippen LogP contribution in [0, 0.1) is 13.8 Å². The lowest BCUT2D eigenvalue weighted by molar-refractivity contribution is 0.209. The number of fused-ring (bicyclic) bond motifs is 2. The summed E-state index contributed by atoms with van der Waals surface area (Å²) in [6, 6.07) is 10.8. The van der Waals surface area contributed by atoms with E-state index in [9.17, 15) is 0 Å². The molecule has 0 bridgehead atoms. The molecule has 2 saturated heterocycles. The Kier molecular flexibility index (Phi) is 6.75. The van der Waals surface area contributed by atoms with Crippen molar-refractivity contribution < 1.29 is 0 Å². The van der Waals surface area contributed by atoms with Gasteiger partial charge in [0.25, 0.3) is 0 Å². The van der Waals surface area contributed by atoms with Crippen molar-refractivity contribution in [3.8, 4) is 0 Å². The second-order valence-corrected chi connectivity index (χ2v) is 11.8. The second kappa shape index (κ2) is 9.63. The maximum atomic E-state index is 3.81. The van der Waals surface area contributed by atoms with Crippen molar-refractivity contribution in [1.82, 2.24) is 9.80 Å². The topological polar surface area (TPSA) is 25.0 Å². The largest absolute Gasteiger partial charge is 0.369 e. The van der Waals surface area contributed by atoms with E-state index in [1.165, 1.54) is 43.7 Å². The van der Waals surface area contributed by atoms with Gasteiger partial charge < -0.3 is 15.1 Å². The van der Waals surface area contributed by atoms with E-state index in [-0.39, 0.29) is 0 Å². The maximum Gasteiger partial charge on any atom is 0.0557 e. The van der Waals surface area contributed by atoms with Crippen LogP contribution >= 0.6 is 11.8 Å². The van der Waals surface area contributed by atoms with Gasteiger partial charge in [-0.05, 0) is 76.9 Å². The first kappa shape index (κ1) is 23.8. The van der Waals surface area contributed by atoms with Crippen molar-refractivity contribution in [2.75, 3.05) is 67.5 Å². The van der Waals surface area contributed by atoms with Gasteiger partial charge in [0.15, 0.2) is 0 Å². The first-order valence-electron chi connectivity index (χ1n) is 13.0. The van der Waals surface area contributed by atoms with E-state index in [0.717, 1.165) is 52.4 Å². The van der Waals surface area contributed by atoms with E-state index in [1.807, 2.05) is 11.8 Å². The van der Waals surface area contributed by atoms with Crippen LogP contribution in [0.1, 0.15) is 38.8 Å². The fraction of sp³-hybridized carbons (Fsp3) is 0.571. The standard InChI is InChI=1S/C28H41N5S/c1-19(2)30-7-11-32(12-8-30)23-15-21(5)27-25(17-23)34-26-18-24(16-22(6)28(26)29-27)33-13-9-31(10-14-33)20(3)4/h15-20,29H,7-14H2,1-6H3. The number of piperazine rings is 2. The summed E-state index contributed by atoms with van der Waals surface area (Å²) in [6.45, 7) is 22.7. The second-order valence-electron chi connectivity index (χ2n) is 10.7. The molecule has 184 valence electrons. The van der Waals surface area contributed by atoms with Gasteiger partial charge in [-0.15, -0.1) is 0 Å². The third-order valence-corrected chi connectivity index (χ3v) is 8.94. The molecule has 5 rings (SSSR count). The molecular weight excluding hydrogens is 438 g/mol. The predicted octanol–water partition coefficient (Wildman–Crippen LogP) is 5.57. The Morgan fingerprint density at radius 1 is 0.618 bits per heavy atom. The van der Waals surface area contributed by atoms with Gasteiger partial charge in [0.05, 0.1) is 11.4 Å². The summed E-state index contributed by atoms with van der Waals surface area (Å²) < 4.78 is 0. The lowest BCUT2D eigenvalue weighted by Gasteiger charge is -2.39. The Balaban J connectivity index is 1.36. The van der Waals surface area contributed by atoms with Gasteiger partial charge >= 0.3 is 0 Å². The summed E-state index contributed by atoms with van der Waals surface area (Å²) in [5.41, 5.74) is 7.98. The summed E-state index contributed by atoms with van der Waals surface area (Å²) >= 11 is 1.94. The minimum absolute atomic E-state index is 0.634. The minimum Gasteiger partial charge on any atom is -0.369 e. The lowest BCUT2D eigenvalue weighted by atomic mass is 10.1. The third-order valence-electron chi connectivity index (χ3n) is 7.86. The van der Waals surface area contributed by atoms with Gasteiger partial charge in [0.2, 0.25) is 0 Å². The van der Waals surface area contributed by atoms with E-state index < -0.39 is 0 Å². The van der Waals surface area contributed by atoms with Gasteiger partial charge in [0.1, 0.15) is 0 Å². The molecule has 0 aliphatic carbocycles. The molecule has 0 amide bonds. The Bertz CT molecular complexity index is 952. The number of anilines is 4. The van der Waals surface area contributed by atoms with Crippen LogP contribution in [-0.4, -0.2) is 74.2 Å². The Morgan fingerprint density at radius 2 is 1.00 bits per heavy atom. The fourth-order valence-electron chi connectivity index (χ4n) is 5.56. The first-order valence-corrected chi connectivity index (χ1v) is 13.8. The van der Waals surface area contributed by atoms with Crippen LogP contribution in [0.15, 0.2) is 34.1 Å². The van der Waals surface area contributed by atoms with E-state index in [0.29, 0.717) is 12.1 Å². The van der Waals surface area contributed by atoms with Crippen molar-refractivity contribution in [2.45, 2.75) is 63.4 Å². The van der Waals surface area contributed by atoms with E-state index in [1.54, 1.807) is 0 Å². The van der Waals surface area contributed by atoms with E-state index in [4.69, 9.17) is 0 Å². The Hall–Kier alpha value is -1.89. The molecule has 2 aromatic rings. The van der Waals surface area contributed by atoms with Crippen molar-refractivity contribution in [2.24, 2.45) is 0 Å². The van der Waals surface area contributed by atoms with Gasteiger partial charge in [-0.2, -0.15) is 0 Å². The highest BCUT2D eigenvalue weighted by molar-refractivity contribution is 7.99. The van der Waals surface area contributed by atoms with Crippen LogP contribution in [-0.2, 0) is 0 Å². The summed E-state index contributed by atoms with van der Waals surface area (Å²) in [5.74, 6) is 0. The predicted molar refractivity (Wildman–Crippen MR) is 148 cm³/mol. The van der Waals surface area contributed by atoms with E-state index >= 15 is 0 Å². The molecule has 2 aromatic carbocycles. The molecule has 5 nitrogen and oxygen atoms in total. The van der Waals surface area contributed by atoms with Gasteiger partial charge in [-0.25, -0.2) is 0 Å². The molecular formula is C28H41N5S. The highest BCUT2D eigenvalue weighted by Crippen LogP contribution is 2.49. The zero-order chi connectivity index (χ0) is 24.0. The molecule has 0 aromatic heterocycles. The molecule has 0 saturated carbocycles. The zero-order valence-corrected chi connectivity index (χ0v) is 22.6. The molecule has 0 unspecified atom stereocenters. The smallest absolute Gasteiger partial charge is 0.0557 e. The molecule has 34 heavy (non-hydrogen) atoms. The molecule has 3 aliphatic rings. The van der Waals surface area contributed by atoms with Crippen molar-refractivity contribution in [3.63, 3.8) is 0 Å². The molecule has 0 atom stereocenters. The molecule has 0 spiro atoms. The molecule has 6 heteroatoms. The van der Waals surface area contributed by atoms with Crippen LogP contribution in [0.3, 0.4) is 0 Å². The summed E-state index contributed by atoms with van der Waals surface area (Å²) in [7, 11) is 0.